The van der Waals surface area contributed by atoms with Gasteiger partial charge in [0, 0.05) is 31.4 Å². The lowest BCUT2D eigenvalue weighted by Gasteiger charge is -2.30. The maximum Gasteiger partial charge on any atom is 0.270 e. The monoisotopic (exact) mass is 351 g/mol. The molecule has 2 amide bonds. The summed E-state index contributed by atoms with van der Waals surface area (Å²) in [6.07, 6.45) is 3.59. The molecule has 1 fully saturated rings. The summed E-state index contributed by atoms with van der Waals surface area (Å²) in [5.74, 6) is 0.375. The molecule has 0 unspecified atom stereocenters. The Hall–Kier alpha value is -2.69. The number of hydrogen-bond donors (Lipinski definition) is 1. The summed E-state index contributed by atoms with van der Waals surface area (Å²) in [5, 5.41) is 2.87. The Kier molecular flexibility index (Phi) is 5.66. The Bertz CT molecular complexity index is 795. The van der Waals surface area contributed by atoms with Gasteiger partial charge in [-0.1, -0.05) is 36.8 Å². The molecule has 136 valence electrons. The molecule has 1 aliphatic rings. The highest BCUT2D eigenvalue weighted by atomic mass is 16.2. The van der Waals surface area contributed by atoms with Crippen LogP contribution in [0.4, 0.5) is 0 Å². The van der Waals surface area contributed by atoms with Gasteiger partial charge in [-0.3, -0.25) is 14.6 Å². The van der Waals surface area contributed by atoms with Crippen LogP contribution in [0.3, 0.4) is 0 Å². The molecule has 1 aromatic heterocycles. The second-order valence-electron chi connectivity index (χ2n) is 7.08. The van der Waals surface area contributed by atoms with Crippen LogP contribution in [0.5, 0.6) is 0 Å². The molecule has 2 aromatic rings. The van der Waals surface area contributed by atoms with E-state index in [1.807, 2.05) is 36.1 Å². The first-order chi connectivity index (χ1) is 12.5. The van der Waals surface area contributed by atoms with E-state index in [1.54, 1.807) is 12.1 Å². The molecule has 5 nitrogen and oxygen atoms in total. The summed E-state index contributed by atoms with van der Waals surface area (Å²) >= 11 is 0. The fourth-order valence-electron chi connectivity index (χ4n) is 3.18. The highest BCUT2D eigenvalue weighted by molar-refractivity contribution is 5.98. The van der Waals surface area contributed by atoms with Crippen LogP contribution in [0.15, 0.2) is 42.6 Å². The molecule has 5 heteroatoms. The fraction of sp³-hybridized carbons (Fsp3) is 0.381. The Morgan fingerprint density at radius 1 is 1.19 bits per heavy atom. The topological polar surface area (TPSA) is 62.3 Å². The quantitative estimate of drug-likeness (QED) is 0.920. The largest absolute Gasteiger partial charge is 0.347 e. The highest BCUT2D eigenvalue weighted by Crippen LogP contribution is 2.18. The van der Waals surface area contributed by atoms with E-state index in [-0.39, 0.29) is 17.5 Å². The van der Waals surface area contributed by atoms with E-state index < -0.39 is 0 Å². The first-order valence-corrected chi connectivity index (χ1v) is 9.12. The van der Waals surface area contributed by atoms with Crippen molar-refractivity contribution in [1.29, 1.82) is 0 Å². The van der Waals surface area contributed by atoms with Gasteiger partial charge in [-0.05, 0) is 43.4 Å². The van der Waals surface area contributed by atoms with Crippen molar-refractivity contribution in [3.63, 3.8) is 0 Å². The van der Waals surface area contributed by atoms with Gasteiger partial charge in [0.2, 0.25) is 0 Å². The number of benzene rings is 1. The van der Waals surface area contributed by atoms with E-state index in [9.17, 15) is 9.59 Å². The molecule has 1 aliphatic heterocycles. The lowest BCUT2D eigenvalue weighted by atomic mass is 9.98. The number of piperidine rings is 1. The van der Waals surface area contributed by atoms with Crippen LogP contribution in [-0.4, -0.2) is 34.8 Å². The molecule has 26 heavy (non-hydrogen) atoms. The zero-order valence-electron chi connectivity index (χ0n) is 15.4. The maximum atomic E-state index is 12.7. The molecule has 0 atom stereocenters. The molecule has 0 aliphatic carbocycles. The number of nitrogens with one attached hydrogen (secondary N) is 1. The van der Waals surface area contributed by atoms with Gasteiger partial charge in [0.05, 0.1) is 0 Å². The van der Waals surface area contributed by atoms with Crippen molar-refractivity contribution in [1.82, 2.24) is 15.2 Å². The predicted molar refractivity (Wildman–Crippen MR) is 101 cm³/mol. The van der Waals surface area contributed by atoms with E-state index in [4.69, 9.17) is 0 Å². The summed E-state index contributed by atoms with van der Waals surface area (Å²) in [4.78, 5) is 31.1. The molecule has 2 heterocycles. The minimum Gasteiger partial charge on any atom is -0.347 e. The van der Waals surface area contributed by atoms with Gasteiger partial charge < -0.3 is 10.2 Å². The summed E-state index contributed by atoms with van der Waals surface area (Å²) in [6.45, 7) is 6.22. The van der Waals surface area contributed by atoms with Crippen LogP contribution in [-0.2, 0) is 6.54 Å². The van der Waals surface area contributed by atoms with Crippen molar-refractivity contribution in [2.45, 2.75) is 33.2 Å². The van der Waals surface area contributed by atoms with Crippen LogP contribution in [0.2, 0.25) is 0 Å². The lowest BCUT2D eigenvalue weighted by molar-refractivity contribution is 0.0697. The Balaban J connectivity index is 1.64. The molecule has 1 aromatic carbocycles. The number of carbonyl (C=O) groups excluding carboxylic acids is 2. The molecule has 0 saturated carbocycles. The first-order valence-electron chi connectivity index (χ1n) is 9.12. The molecule has 0 bridgehead atoms. The molecule has 1 saturated heterocycles. The Morgan fingerprint density at radius 3 is 2.69 bits per heavy atom. The number of carbonyl (C=O) groups is 2. The van der Waals surface area contributed by atoms with Crippen molar-refractivity contribution < 1.29 is 9.59 Å². The van der Waals surface area contributed by atoms with Gasteiger partial charge >= 0.3 is 0 Å². The summed E-state index contributed by atoms with van der Waals surface area (Å²) in [7, 11) is 0. The number of likely N-dealkylation sites (tertiary alicyclic amines) is 1. The first kappa shape index (κ1) is 18.1. The van der Waals surface area contributed by atoms with Gasteiger partial charge in [-0.15, -0.1) is 0 Å². The highest BCUT2D eigenvalue weighted by Gasteiger charge is 2.22. The van der Waals surface area contributed by atoms with Crippen molar-refractivity contribution in [3.05, 3.63) is 65.0 Å². The summed E-state index contributed by atoms with van der Waals surface area (Å²) in [5.41, 5.74) is 2.98. The minimum absolute atomic E-state index is 0.0213. The summed E-state index contributed by atoms with van der Waals surface area (Å²) < 4.78 is 0. The third kappa shape index (κ3) is 4.48. The number of nitrogens with zero attached hydrogens (tertiary/aromatic N) is 2. The van der Waals surface area contributed by atoms with Gasteiger partial charge in [0.1, 0.15) is 5.69 Å². The van der Waals surface area contributed by atoms with Gasteiger partial charge in [0.25, 0.3) is 11.8 Å². The molecular formula is C21H25N3O2. The molecule has 0 spiro atoms. The van der Waals surface area contributed by atoms with Gasteiger partial charge in [-0.2, -0.15) is 0 Å². The zero-order valence-corrected chi connectivity index (χ0v) is 15.4. The lowest BCUT2D eigenvalue weighted by Crippen LogP contribution is -2.38. The predicted octanol–water partition coefficient (Wildman–Crippen LogP) is 3.19. The number of pyridine rings is 1. The third-order valence-electron chi connectivity index (χ3n) is 4.85. The van der Waals surface area contributed by atoms with Gasteiger partial charge in [-0.25, -0.2) is 0 Å². The van der Waals surface area contributed by atoms with Crippen molar-refractivity contribution in [2.24, 2.45) is 5.92 Å². The minimum atomic E-state index is -0.270. The van der Waals surface area contributed by atoms with Crippen LogP contribution < -0.4 is 5.32 Å². The number of amides is 2. The average Bonchev–Trinajstić information content (AvgIpc) is 2.66. The van der Waals surface area contributed by atoms with E-state index in [0.29, 0.717) is 18.0 Å². The summed E-state index contributed by atoms with van der Waals surface area (Å²) in [6, 6.07) is 11.3. The van der Waals surface area contributed by atoms with Crippen LogP contribution in [0.25, 0.3) is 0 Å². The van der Waals surface area contributed by atoms with E-state index in [2.05, 4.69) is 17.2 Å². The fourth-order valence-corrected chi connectivity index (χ4v) is 3.18. The standard InChI is InChI=1S/C21H25N3O2/c1-15-7-10-24(11-8-15)21(26)18-6-9-22-19(13-18)20(25)23-14-17-5-3-4-16(2)12-17/h3-6,9,12-13,15H,7-8,10-11,14H2,1-2H3,(H,23,25). The normalized spacial score (nSPS) is 14.9. The van der Waals surface area contributed by atoms with Crippen LogP contribution >= 0.6 is 0 Å². The van der Waals surface area contributed by atoms with Crippen molar-refractivity contribution in [3.8, 4) is 0 Å². The van der Waals surface area contributed by atoms with Crippen LogP contribution in [0.1, 0.15) is 51.7 Å². The second kappa shape index (κ2) is 8.13. The smallest absolute Gasteiger partial charge is 0.270 e. The average molecular weight is 351 g/mol. The Morgan fingerprint density at radius 2 is 1.96 bits per heavy atom. The zero-order chi connectivity index (χ0) is 18.5. The second-order valence-corrected chi connectivity index (χ2v) is 7.08. The molecule has 1 N–H and O–H groups in total. The SMILES string of the molecule is Cc1cccc(CNC(=O)c2cc(C(=O)N3CCC(C)CC3)ccn2)c1. The molecular weight excluding hydrogens is 326 g/mol. The van der Waals surface area contributed by atoms with E-state index in [1.165, 1.54) is 6.20 Å². The van der Waals surface area contributed by atoms with E-state index in [0.717, 1.165) is 37.1 Å². The van der Waals surface area contributed by atoms with Crippen LogP contribution in [0, 0.1) is 12.8 Å². The number of aryl methyl sites for hydroxylation is 1. The van der Waals surface area contributed by atoms with E-state index >= 15 is 0 Å². The maximum absolute atomic E-state index is 12.7. The molecule has 3 rings (SSSR count). The number of aromatic nitrogens is 1. The number of hydrogen-bond acceptors (Lipinski definition) is 3. The van der Waals surface area contributed by atoms with Crippen molar-refractivity contribution >= 4 is 11.8 Å². The van der Waals surface area contributed by atoms with Gasteiger partial charge in [0.15, 0.2) is 0 Å². The Labute approximate surface area is 154 Å². The third-order valence-corrected chi connectivity index (χ3v) is 4.85. The molecule has 0 radical (unpaired) electrons. The number of rotatable bonds is 4. The van der Waals surface area contributed by atoms with Crippen molar-refractivity contribution in [2.75, 3.05) is 13.1 Å².